The topological polar surface area (TPSA) is 23.6 Å². The molecule has 0 radical (unpaired) electrons. The van der Waals surface area contributed by atoms with Crippen molar-refractivity contribution in [2.75, 3.05) is 20.1 Å². The SMILES string of the molecule is Cc1cc2c(cc1C)C(=O)N(C1CCN(C)CC1)C2. The molecular formula is C16H22N2O. The minimum absolute atomic E-state index is 0.243. The summed E-state index contributed by atoms with van der Waals surface area (Å²) in [7, 11) is 2.16. The summed E-state index contributed by atoms with van der Waals surface area (Å²) in [4.78, 5) is 17.0. The molecule has 0 atom stereocenters. The van der Waals surface area contributed by atoms with Crippen LogP contribution in [0.15, 0.2) is 12.1 Å². The molecule has 3 nitrogen and oxygen atoms in total. The Bertz CT molecular complexity index is 516. The number of rotatable bonds is 1. The van der Waals surface area contributed by atoms with Crippen molar-refractivity contribution < 1.29 is 4.79 Å². The Hall–Kier alpha value is -1.35. The number of nitrogens with zero attached hydrogens (tertiary/aromatic N) is 2. The molecule has 1 aromatic carbocycles. The molecule has 0 bridgehead atoms. The normalized spacial score (nSPS) is 21.0. The summed E-state index contributed by atoms with van der Waals surface area (Å²) in [6.07, 6.45) is 2.21. The molecule has 2 aliphatic rings. The van der Waals surface area contributed by atoms with Crippen molar-refractivity contribution in [1.29, 1.82) is 0 Å². The second-order valence-electron chi connectivity index (χ2n) is 6.06. The van der Waals surface area contributed by atoms with Crippen molar-refractivity contribution in [1.82, 2.24) is 9.80 Å². The van der Waals surface area contributed by atoms with E-state index in [2.05, 4.69) is 42.8 Å². The van der Waals surface area contributed by atoms with Gasteiger partial charge in [-0.05, 0) is 69.6 Å². The summed E-state index contributed by atoms with van der Waals surface area (Å²) < 4.78 is 0. The number of benzene rings is 1. The minimum atomic E-state index is 0.243. The molecule has 2 aliphatic heterocycles. The molecule has 3 rings (SSSR count). The largest absolute Gasteiger partial charge is 0.331 e. The standard InChI is InChI=1S/C16H22N2O/c1-11-8-13-10-18(14-4-6-17(3)7-5-14)16(19)15(13)9-12(11)2/h8-9,14H,4-7,10H2,1-3H3. The van der Waals surface area contributed by atoms with E-state index in [0.717, 1.165) is 38.0 Å². The molecule has 0 unspecified atom stereocenters. The third-order valence-electron chi connectivity index (χ3n) is 4.68. The number of likely N-dealkylation sites (tertiary alicyclic amines) is 1. The molecule has 0 aromatic heterocycles. The van der Waals surface area contributed by atoms with E-state index < -0.39 is 0 Å². The summed E-state index contributed by atoms with van der Waals surface area (Å²) in [5.74, 6) is 0.243. The van der Waals surface area contributed by atoms with Crippen molar-refractivity contribution >= 4 is 5.91 Å². The van der Waals surface area contributed by atoms with Crippen LogP contribution in [0.5, 0.6) is 0 Å². The number of piperidine rings is 1. The van der Waals surface area contributed by atoms with Crippen molar-refractivity contribution in [3.63, 3.8) is 0 Å². The number of aryl methyl sites for hydroxylation is 2. The first-order valence-corrected chi connectivity index (χ1v) is 7.16. The molecular weight excluding hydrogens is 236 g/mol. The molecule has 2 heterocycles. The molecule has 19 heavy (non-hydrogen) atoms. The van der Waals surface area contributed by atoms with Gasteiger partial charge >= 0.3 is 0 Å². The van der Waals surface area contributed by atoms with Crippen LogP contribution in [-0.2, 0) is 6.54 Å². The lowest BCUT2D eigenvalue weighted by atomic mass is 10.0. The van der Waals surface area contributed by atoms with Crippen LogP contribution < -0.4 is 0 Å². The number of fused-ring (bicyclic) bond motifs is 1. The van der Waals surface area contributed by atoms with Gasteiger partial charge in [0.25, 0.3) is 5.91 Å². The quantitative estimate of drug-likeness (QED) is 0.772. The molecule has 0 N–H and O–H groups in total. The van der Waals surface area contributed by atoms with Gasteiger partial charge < -0.3 is 9.80 Å². The van der Waals surface area contributed by atoms with E-state index >= 15 is 0 Å². The van der Waals surface area contributed by atoms with E-state index in [1.807, 2.05) is 0 Å². The van der Waals surface area contributed by atoms with E-state index in [9.17, 15) is 4.79 Å². The highest BCUT2D eigenvalue weighted by Crippen LogP contribution is 2.30. The van der Waals surface area contributed by atoms with E-state index in [1.54, 1.807) is 0 Å². The molecule has 3 heteroatoms. The van der Waals surface area contributed by atoms with Gasteiger partial charge in [-0.15, -0.1) is 0 Å². The predicted molar refractivity (Wildman–Crippen MR) is 76.3 cm³/mol. The van der Waals surface area contributed by atoms with Crippen LogP contribution in [0.25, 0.3) is 0 Å². The van der Waals surface area contributed by atoms with Crippen LogP contribution in [0.1, 0.15) is 39.9 Å². The van der Waals surface area contributed by atoms with E-state index in [0.29, 0.717) is 6.04 Å². The highest BCUT2D eigenvalue weighted by atomic mass is 16.2. The molecule has 1 aromatic rings. The second kappa shape index (κ2) is 4.64. The summed E-state index contributed by atoms with van der Waals surface area (Å²) in [6.45, 7) is 7.22. The van der Waals surface area contributed by atoms with Crippen LogP contribution >= 0.6 is 0 Å². The monoisotopic (exact) mass is 258 g/mol. The van der Waals surface area contributed by atoms with Crippen LogP contribution in [0.4, 0.5) is 0 Å². The lowest BCUT2D eigenvalue weighted by molar-refractivity contribution is 0.0617. The zero-order chi connectivity index (χ0) is 13.6. The molecule has 0 saturated carbocycles. The van der Waals surface area contributed by atoms with Crippen LogP contribution in [0.2, 0.25) is 0 Å². The fourth-order valence-electron chi connectivity index (χ4n) is 3.22. The van der Waals surface area contributed by atoms with Crippen molar-refractivity contribution in [2.45, 2.75) is 39.3 Å². The van der Waals surface area contributed by atoms with Crippen molar-refractivity contribution in [3.05, 3.63) is 34.4 Å². The van der Waals surface area contributed by atoms with Gasteiger partial charge in [0, 0.05) is 18.2 Å². The Morgan fingerprint density at radius 3 is 2.42 bits per heavy atom. The Labute approximate surface area is 115 Å². The first kappa shape index (κ1) is 12.7. The average molecular weight is 258 g/mol. The van der Waals surface area contributed by atoms with Gasteiger partial charge in [-0.3, -0.25) is 4.79 Å². The van der Waals surface area contributed by atoms with Crippen LogP contribution in [-0.4, -0.2) is 41.9 Å². The first-order valence-electron chi connectivity index (χ1n) is 7.16. The lowest BCUT2D eigenvalue weighted by Gasteiger charge is -2.34. The maximum atomic E-state index is 12.6. The third kappa shape index (κ3) is 2.16. The van der Waals surface area contributed by atoms with Gasteiger partial charge in [-0.1, -0.05) is 6.07 Å². The number of hydrogen-bond donors (Lipinski definition) is 0. The zero-order valence-electron chi connectivity index (χ0n) is 12.1. The molecule has 102 valence electrons. The lowest BCUT2D eigenvalue weighted by Crippen LogP contribution is -2.43. The Morgan fingerprint density at radius 1 is 1.11 bits per heavy atom. The summed E-state index contributed by atoms with van der Waals surface area (Å²) in [5, 5.41) is 0. The number of hydrogen-bond acceptors (Lipinski definition) is 2. The smallest absolute Gasteiger partial charge is 0.254 e. The number of carbonyl (C=O) groups is 1. The highest BCUT2D eigenvalue weighted by molar-refractivity contribution is 5.98. The molecule has 0 aliphatic carbocycles. The van der Waals surface area contributed by atoms with E-state index in [1.165, 1.54) is 16.7 Å². The third-order valence-corrected chi connectivity index (χ3v) is 4.68. The van der Waals surface area contributed by atoms with Crippen molar-refractivity contribution in [2.24, 2.45) is 0 Å². The maximum Gasteiger partial charge on any atom is 0.254 e. The Kier molecular flexibility index (Phi) is 3.09. The maximum absolute atomic E-state index is 12.6. The van der Waals surface area contributed by atoms with Gasteiger partial charge in [-0.25, -0.2) is 0 Å². The van der Waals surface area contributed by atoms with Crippen LogP contribution in [0, 0.1) is 13.8 Å². The van der Waals surface area contributed by atoms with Crippen molar-refractivity contribution in [3.8, 4) is 0 Å². The molecule has 1 saturated heterocycles. The average Bonchev–Trinajstić information content (AvgIpc) is 2.69. The number of carbonyl (C=O) groups excluding carboxylic acids is 1. The summed E-state index contributed by atoms with van der Waals surface area (Å²) >= 11 is 0. The predicted octanol–water partition coefficient (Wildman–Crippen LogP) is 2.35. The Morgan fingerprint density at radius 2 is 1.74 bits per heavy atom. The summed E-state index contributed by atoms with van der Waals surface area (Å²) in [6, 6.07) is 4.69. The van der Waals surface area contributed by atoms with Gasteiger partial charge in [0.1, 0.15) is 0 Å². The van der Waals surface area contributed by atoms with Crippen LogP contribution in [0.3, 0.4) is 0 Å². The fourth-order valence-corrected chi connectivity index (χ4v) is 3.22. The second-order valence-corrected chi connectivity index (χ2v) is 6.06. The van der Waals surface area contributed by atoms with Gasteiger partial charge in [0.15, 0.2) is 0 Å². The molecule has 0 spiro atoms. The first-order chi connectivity index (χ1) is 9.06. The van der Waals surface area contributed by atoms with Gasteiger partial charge in [0.05, 0.1) is 0 Å². The van der Waals surface area contributed by atoms with Gasteiger partial charge in [-0.2, -0.15) is 0 Å². The summed E-state index contributed by atoms with van der Waals surface area (Å²) in [5.41, 5.74) is 4.66. The fraction of sp³-hybridized carbons (Fsp3) is 0.562. The molecule has 1 amide bonds. The Balaban J connectivity index is 1.83. The molecule has 1 fully saturated rings. The zero-order valence-corrected chi connectivity index (χ0v) is 12.1. The van der Waals surface area contributed by atoms with E-state index in [-0.39, 0.29) is 5.91 Å². The number of amides is 1. The van der Waals surface area contributed by atoms with Gasteiger partial charge in [0.2, 0.25) is 0 Å². The van der Waals surface area contributed by atoms with E-state index in [4.69, 9.17) is 0 Å². The minimum Gasteiger partial charge on any atom is -0.331 e. The highest BCUT2D eigenvalue weighted by Gasteiger charge is 2.34.